The first-order valence-electron chi connectivity index (χ1n) is 7.34. The SMILES string of the molecule is Nc1nc(-c2nc(-c3ccccc3)c(-c3cc(Cl)cc(Cl)c3)s2)cs1. The van der Waals surface area contributed by atoms with Crippen molar-refractivity contribution in [2.24, 2.45) is 0 Å². The molecule has 0 spiro atoms. The Kier molecular flexibility index (Phi) is 4.48. The molecule has 0 bridgehead atoms. The molecule has 2 N–H and O–H groups in total. The van der Waals surface area contributed by atoms with Crippen molar-refractivity contribution in [2.45, 2.75) is 0 Å². The summed E-state index contributed by atoms with van der Waals surface area (Å²) in [6.07, 6.45) is 0. The molecule has 25 heavy (non-hydrogen) atoms. The Balaban J connectivity index is 1.93. The summed E-state index contributed by atoms with van der Waals surface area (Å²) < 4.78 is 0. The van der Waals surface area contributed by atoms with E-state index in [0.717, 1.165) is 32.4 Å². The summed E-state index contributed by atoms with van der Waals surface area (Å²) in [6.45, 7) is 0. The molecule has 0 aliphatic rings. The van der Waals surface area contributed by atoms with Gasteiger partial charge in [0, 0.05) is 21.0 Å². The number of rotatable bonds is 3. The molecule has 2 heterocycles. The number of nitrogens with zero attached hydrogens (tertiary/aromatic N) is 2. The zero-order valence-electron chi connectivity index (χ0n) is 12.7. The molecule has 0 fully saturated rings. The van der Waals surface area contributed by atoms with E-state index in [-0.39, 0.29) is 0 Å². The van der Waals surface area contributed by atoms with Crippen LogP contribution in [0.15, 0.2) is 53.9 Å². The summed E-state index contributed by atoms with van der Waals surface area (Å²) in [5.41, 5.74) is 9.39. The van der Waals surface area contributed by atoms with Crippen molar-refractivity contribution >= 4 is 51.0 Å². The van der Waals surface area contributed by atoms with Crippen molar-refractivity contribution in [1.82, 2.24) is 9.97 Å². The van der Waals surface area contributed by atoms with E-state index >= 15 is 0 Å². The van der Waals surface area contributed by atoms with E-state index in [1.54, 1.807) is 17.4 Å². The highest BCUT2D eigenvalue weighted by Crippen LogP contribution is 2.42. The van der Waals surface area contributed by atoms with Gasteiger partial charge < -0.3 is 5.73 Å². The third-order valence-corrected chi connectivity index (χ3v) is 5.78. The fourth-order valence-electron chi connectivity index (χ4n) is 2.49. The summed E-state index contributed by atoms with van der Waals surface area (Å²) in [5, 5.41) is 4.44. The standard InChI is InChI=1S/C18H11Cl2N3S2/c19-12-6-11(7-13(20)8-12)16-15(10-4-2-1-3-5-10)23-17(25-16)14-9-24-18(21)22-14/h1-9H,(H2,21,22). The first-order valence-corrected chi connectivity index (χ1v) is 9.79. The Morgan fingerprint density at radius 1 is 0.880 bits per heavy atom. The summed E-state index contributed by atoms with van der Waals surface area (Å²) in [6, 6.07) is 15.5. The van der Waals surface area contributed by atoms with Gasteiger partial charge in [-0.05, 0) is 23.8 Å². The number of aromatic nitrogens is 2. The van der Waals surface area contributed by atoms with Crippen molar-refractivity contribution in [3.63, 3.8) is 0 Å². The van der Waals surface area contributed by atoms with Crippen LogP contribution in [0.2, 0.25) is 10.0 Å². The molecule has 7 heteroatoms. The molecule has 0 aliphatic heterocycles. The first-order chi connectivity index (χ1) is 12.1. The lowest BCUT2D eigenvalue weighted by Gasteiger charge is -2.04. The highest BCUT2D eigenvalue weighted by Gasteiger charge is 2.18. The molecule has 4 aromatic rings. The van der Waals surface area contributed by atoms with Gasteiger partial charge >= 0.3 is 0 Å². The van der Waals surface area contributed by atoms with Crippen molar-refractivity contribution in [3.8, 4) is 32.4 Å². The van der Waals surface area contributed by atoms with E-state index in [9.17, 15) is 0 Å². The van der Waals surface area contributed by atoms with Gasteiger partial charge in [0.1, 0.15) is 10.7 Å². The summed E-state index contributed by atoms with van der Waals surface area (Å²) in [5.74, 6) is 0. The van der Waals surface area contributed by atoms with Crippen LogP contribution in [-0.2, 0) is 0 Å². The van der Waals surface area contributed by atoms with Gasteiger partial charge in [0.2, 0.25) is 0 Å². The molecular weight excluding hydrogens is 393 g/mol. The van der Waals surface area contributed by atoms with Crippen molar-refractivity contribution in [3.05, 3.63) is 64.0 Å². The van der Waals surface area contributed by atoms with Crippen LogP contribution >= 0.6 is 45.9 Å². The smallest absolute Gasteiger partial charge is 0.180 e. The van der Waals surface area contributed by atoms with Crippen LogP contribution in [0.5, 0.6) is 0 Å². The fourth-order valence-corrected chi connectivity index (χ4v) is 4.67. The highest BCUT2D eigenvalue weighted by atomic mass is 35.5. The minimum Gasteiger partial charge on any atom is -0.375 e. The normalized spacial score (nSPS) is 11.0. The predicted octanol–water partition coefficient (Wildman–Crippen LogP) is 6.49. The molecule has 124 valence electrons. The fraction of sp³-hybridized carbons (Fsp3) is 0. The van der Waals surface area contributed by atoms with Gasteiger partial charge in [0.15, 0.2) is 5.13 Å². The second kappa shape index (κ2) is 6.77. The molecule has 0 atom stereocenters. The Hall–Kier alpha value is -1.92. The molecule has 2 aromatic heterocycles. The van der Waals surface area contributed by atoms with E-state index in [4.69, 9.17) is 33.9 Å². The summed E-state index contributed by atoms with van der Waals surface area (Å²) in [4.78, 5) is 10.2. The molecule has 2 aromatic carbocycles. The number of anilines is 1. The predicted molar refractivity (Wildman–Crippen MR) is 109 cm³/mol. The monoisotopic (exact) mass is 403 g/mol. The van der Waals surface area contributed by atoms with Crippen LogP contribution in [0.25, 0.3) is 32.4 Å². The quantitative estimate of drug-likeness (QED) is 0.425. The average molecular weight is 404 g/mol. The number of hydrogen-bond donors (Lipinski definition) is 1. The Morgan fingerprint density at radius 3 is 2.24 bits per heavy atom. The van der Waals surface area contributed by atoms with Gasteiger partial charge in [0.05, 0.1) is 10.6 Å². The van der Waals surface area contributed by atoms with E-state index in [0.29, 0.717) is 15.2 Å². The molecular formula is C18H11Cl2N3S2. The Labute approximate surface area is 162 Å². The van der Waals surface area contributed by atoms with E-state index in [1.165, 1.54) is 11.3 Å². The van der Waals surface area contributed by atoms with Gasteiger partial charge in [-0.15, -0.1) is 22.7 Å². The van der Waals surface area contributed by atoms with Crippen LogP contribution in [0, 0.1) is 0 Å². The van der Waals surface area contributed by atoms with E-state index < -0.39 is 0 Å². The highest BCUT2D eigenvalue weighted by molar-refractivity contribution is 7.19. The number of nitrogen functional groups attached to an aromatic ring is 1. The number of nitrogens with two attached hydrogens (primary N) is 1. The molecule has 3 nitrogen and oxygen atoms in total. The number of benzene rings is 2. The van der Waals surface area contributed by atoms with Gasteiger partial charge in [-0.2, -0.15) is 0 Å². The average Bonchev–Trinajstić information content (AvgIpc) is 3.21. The molecule has 0 aliphatic carbocycles. The zero-order chi connectivity index (χ0) is 17.4. The van der Waals surface area contributed by atoms with Gasteiger partial charge in [0.25, 0.3) is 0 Å². The van der Waals surface area contributed by atoms with E-state index in [2.05, 4.69) is 4.98 Å². The minimum absolute atomic E-state index is 0.527. The molecule has 0 saturated heterocycles. The van der Waals surface area contributed by atoms with Crippen LogP contribution in [0.4, 0.5) is 5.13 Å². The summed E-state index contributed by atoms with van der Waals surface area (Å²) in [7, 11) is 0. The topological polar surface area (TPSA) is 51.8 Å². The third-order valence-electron chi connectivity index (χ3n) is 3.54. The largest absolute Gasteiger partial charge is 0.375 e. The maximum Gasteiger partial charge on any atom is 0.180 e. The molecule has 4 rings (SSSR count). The Morgan fingerprint density at radius 2 is 1.60 bits per heavy atom. The lowest BCUT2D eigenvalue weighted by molar-refractivity contribution is 1.34. The van der Waals surface area contributed by atoms with Crippen LogP contribution in [0.3, 0.4) is 0 Å². The zero-order valence-corrected chi connectivity index (χ0v) is 15.9. The van der Waals surface area contributed by atoms with Crippen molar-refractivity contribution < 1.29 is 0 Å². The molecule has 0 radical (unpaired) electrons. The minimum atomic E-state index is 0.527. The number of hydrogen-bond acceptors (Lipinski definition) is 5. The summed E-state index contributed by atoms with van der Waals surface area (Å²) >= 11 is 15.3. The van der Waals surface area contributed by atoms with Crippen LogP contribution in [0.1, 0.15) is 0 Å². The second-order valence-electron chi connectivity index (χ2n) is 5.29. The van der Waals surface area contributed by atoms with Gasteiger partial charge in [-0.25, -0.2) is 9.97 Å². The Bertz CT molecular complexity index is 1020. The molecule has 0 amide bonds. The van der Waals surface area contributed by atoms with Crippen molar-refractivity contribution in [1.29, 1.82) is 0 Å². The number of thiazole rings is 2. The van der Waals surface area contributed by atoms with E-state index in [1.807, 2.05) is 47.8 Å². The second-order valence-corrected chi connectivity index (χ2v) is 8.05. The third kappa shape index (κ3) is 3.41. The van der Waals surface area contributed by atoms with Crippen LogP contribution < -0.4 is 5.73 Å². The van der Waals surface area contributed by atoms with Gasteiger partial charge in [-0.1, -0.05) is 53.5 Å². The maximum absolute atomic E-state index is 6.20. The van der Waals surface area contributed by atoms with Crippen molar-refractivity contribution in [2.75, 3.05) is 5.73 Å². The lowest BCUT2D eigenvalue weighted by atomic mass is 10.1. The maximum atomic E-state index is 6.20. The molecule has 0 unspecified atom stereocenters. The first kappa shape index (κ1) is 16.5. The lowest BCUT2D eigenvalue weighted by Crippen LogP contribution is -1.84. The van der Waals surface area contributed by atoms with Crippen LogP contribution in [-0.4, -0.2) is 9.97 Å². The number of halogens is 2. The van der Waals surface area contributed by atoms with Gasteiger partial charge in [-0.3, -0.25) is 0 Å². The molecule has 0 saturated carbocycles.